The van der Waals surface area contributed by atoms with Crippen molar-refractivity contribution < 1.29 is 4.74 Å². The molecule has 0 saturated heterocycles. The molecule has 3 heteroatoms. The predicted octanol–water partition coefficient (Wildman–Crippen LogP) is 5.12. The lowest BCUT2D eigenvalue weighted by atomic mass is 10.0. The highest BCUT2D eigenvalue weighted by atomic mass is 35.5. The van der Waals surface area contributed by atoms with Crippen LogP contribution in [-0.2, 0) is 18.0 Å². The highest BCUT2D eigenvalue weighted by molar-refractivity contribution is 6.33. The second-order valence-electron chi connectivity index (χ2n) is 5.03. The van der Waals surface area contributed by atoms with Crippen molar-refractivity contribution >= 4 is 11.6 Å². The fourth-order valence-corrected chi connectivity index (χ4v) is 2.58. The van der Waals surface area contributed by atoms with Crippen LogP contribution in [0.4, 0.5) is 0 Å². The molecule has 2 nitrogen and oxygen atoms in total. The Morgan fingerprint density at radius 3 is 2.41 bits per heavy atom. The number of benzene rings is 2. The maximum atomic E-state index is 6.39. The van der Waals surface area contributed by atoms with Gasteiger partial charge in [-0.05, 0) is 28.8 Å². The van der Waals surface area contributed by atoms with Crippen molar-refractivity contribution in [3.63, 3.8) is 0 Å². The molecule has 0 aliphatic carbocycles. The Morgan fingerprint density at radius 2 is 1.68 bits per heavy atom. The van der Waals surface area contributed by atoms with Crippen LogP contribution in [0.2, 0.25) is 5.02 Å². The number of pyridine rings is 1. The Kier molecular flexibility index (Phi) is 4.84. The van der Waals surface area contributed by atoms with E-state index in [0.717, 1.165) is 27.3 Å². The third kappa shape index (κ3) is 3.73. The van der Waals surface area contributed by atoms with Gasteiger partial charge in [0.05, 0.1) is 13.2 Å². The number of ether oxygens (including phenoxy) is 1. The minimum atomic E-state index is 0.531. The van der Waals surface area contributed by atoms with Gasteiger partial charge in [0.15, 0.2) is 0 Å². The lowest BCUT2D eigenvalue weighted by Gasteiger charge is -2.08. The molecule has 0 amide bonds. The molecule has 0 aliphatic rings. The summed E-state index contributed by atoms with van der Waals surface area (Å²) in [5, 5.41) is 0.744. The van der Waals surface area contributed by atoms with E-state index in [-0.39, 0.29) is 0 Å². The van der Waals surface area contributed by atoms with E-state index in [1.807, 2.05) is 48.7 Å². The first-order valence-electron chi connectivity index (χ1n) is 7.13. The van der Waals surface area contributed by atoms with Gasteiger partial charge >= 0.3 is 0 Å². The maximum Gasteiger partial charge on any atom is 0.0736 e. The van der Waals surface area contributed by atoms with E-state index < -0.39 is 0 Å². The van der Waals surface area contributed by atoms with E-state index in [0.29, 0.717) is 13.2 Å². The topological polar surface area (TPSA) is 22.1 Å². The van der Waals surface area contributed by atoms with Crippen molar-refractivity contribution in [2.75, 3.05) is 0 Å². The van der Waals surface area contributed by atoms with E-state index >= 15 is 0 Å². The average Bonchev–Trinajstić information content (AvgIpc) is 2.57. The number of rotatable bonds is 5. The Labute approximate surface area is 135 Å². The summed E-state index contributed by atoms with van der Waals surface area (Å²) < 4.78 is 5.71. The first-order valence-corrected chi connectivity index (χ1v) is 7.51. The van der Waals surface area contributed by atoms with Crippen molar-refractivity contribution in [2.45, 2.75) is 13.2 Å². The molecular formula is C19H16ClNO. The molecule has 0 bridgehead atoms. The molecule has 0 aliphatic heterocycles. The quantitative estimate of drug-likeness (QED) is 0.652. The third-order valence-corrected chi connectivity index (χ3v) is 3.69. The van der Waals surface area contributed by atoms with E-state index in [2.05, 4.69) is 23.2 Å². The van der Waals surface area contributed by atoms with Crippen LogP contribution in [-0.4, -0.2) is 4.98 Å². The highest BCUT2D eigenvalue weighted by Gasteiger charge is 2.04. The van der Waals surface area contributed by atoms with Gasteiger partial charge in [0.25, 0.3) is 0 Å². The van der Waals surface area contributed by atoms with Gasteiger partial charge in [-0.2, -0.15) is 0 Å². The van der Waals surface area contributed by atoms with Gasteiger partial charge in [-0.1, -0.05) is 60.1 Å². The number of halogens is 1. The van der Waals surface area contributed by atoms with Crippen LogP contribution in [0.25, 0.3) is 11.1 Å². The summed E-state index contributed by atoms with van der Waals surface area (Å²) in [5.74, 6) is 0. The summed E-state index contributed by atoms with van der Waals surface area (Å²) in [4.78, 5) is 4.07. The largest absolute Gasteiger partial charge is 0.372 e. The van der Waals surface area contributed by atoms with Crippen LogP contribution in [0.3, 0.4) is 0 Å². The highest BCUT2D eigenvalue weighted by Crippen LogP contribution is 2.28. The molecule has 0 N–H and O–H groups in total. The SMILES string of the molecule is Clc1cc(COCc2cccnc2)ccc1-c1ccccc1. The van der Waals surface area contributed by atoms with Gasteiger partial charge in [0.1, 0.15) is 0 Å². The van der Waals surface area contributed by atoms with Crippen LogP contribution in [0.5, 0.6) is 0 Å². The molecule has 0 radical (unpaired) electrons. The van der Waals surface area contributed by atoms with E-state index in [4.69, 9.17) is 16.3 Å². The van der Waals surface area contributed by atoms with E-state index in [1.54, 1.807) is 6.20 Å². The van der Waals surface area contributed by atoms with Gasteiger partial charge < -0.3 is 4.74 Å². The summed E-state index contributed by atoms with van der Waals surface area (Å²) in [6.45, 7) is 1.08. The Hall–Kier alpha value is -2.16. The first kappa shape index (κ1) is 14.8. The molecule has 3 rings (SSSR count). The van der Waals surface area contributed by atoms with Crippen LogP contribution in [0.1, 0.15) is 11.1 Å². The standard InChI is InChI=1S/C19H16ClNO/c20-19-11-15(13-22-14-16-5-4-10-21-12-16)8-9-18(19)17-6-2-1-3-7-17/h1-12H,13-14H2. The lowest BCUT2D eigenvalue weighted by molar-refractivity contribution is 0.107. The lowest BCUT2D eigenvalue weighted by Crippen LogP contribution is -1.95. The fourth-order valence-electron chi connectivity index (χ4n) is 2.27. The minimum absolute atomic E-state index is 0.531. The fraction of sp³-hybridized carbons (Fsp3) is 0.105. The van der Waals surface area contributed by atoms with Crippen LogP contribution >= 0.6 is 11.6 Å². The molecule has 22 heavy (non-hydrogen) atoms. The van der Waals surface area contributed by atoms with Crippen molar-refractivity contribution in [3.8, 4) is 11.1 Å². The zero-order chi connectivity index (χ0) is 15.2. The Morgan fingerprint density at radius 1 is 0.864 bits per heavy atom. The third-order valence-electron chi connectivity index (χ3n) is 3.38. The van der Waals surface area contributed by atoms with Gasteiger partial charge in [-0.25, -0.2) is 0 Å². The van der Waals surface area contributed by atoms with Crippen molar-refractivity contribution in [1.29, 1.82) is 0 Å². The van der Waals surface area contributed by atoms with Crippen LogP contribution in [0.15, 0.2) is 73.1 Å². The zero-order valence-electron chi connectivity index (χ0n) is 12.1. The van der Waals surface area contributed by atoms with E-state index in [1.165, 1.54) is 0 Å². The van der Waals surface area contributed by atoms with Crippen LogP contribution < -0.4 is 0 Å². The van der Waals surface area contributed by atoms with E-state index in [9.17, 15) is 0 Å². The van der Waals surface area contributed by atoms with Crippen LogP contribution in [0, 0.1) is 0 Å². The molecule has 0 unspecified atom stereocenters. The van der Waals surface area contributed by atoms with Crippen molar-refractivity contribution in [3.05, 3.63) is 89.2 Å². The first-order chi connectivity index (χ1) is 10.8. The van der Waals surface area contributed by atoms with Crippen molar-refractivity contribution in [2.24, 2.45) is 0 Å². The molecule has 1 aromatic heterocycles. The smallest absolute Gasteiger partial charge is 0.0736 e. The molecule has 110 valence electrons. The number of aromatic nitrogens is 1. The summed E-state index contributed by atoms with van der Waals surface area (Å²) >= 11 is 6.39. The van der Waals surface area contributed by atoms with Gasteiger partial charge in [0.2, 0.25) is 0 Å². The summed E-state index contributed by atoms with van der Waals surface area (Å²) in [7, 11) is 0. The minimum Gasteiger partial charge on any atom is -0.372 e. The second kappa shape index (κ2) is 7.21. The summed E-state index contributed by atoms with van der Waals surface area (Å²) in [5.41, 5.74) is 4.29. The van der Waals surface area contributed by atoms with Gasteiger partial charge in [-0.15, -0.1) is 0 Å². The molecule has 0 fully saturated rings. The maximum absolute atomic E-state index is 6.39. The Balaban J connectivity index is 1.65. The normalized spacial score (nSPS) is 10.6. The molecular weight excluding hydrogens is 294 g/mol. The monoisotopic (exact) mass is 309 g/mol. The summed E-state index contributed by atoms with van der Waals surface area (Å²) in [6, 6.07) is 20.1. The molecule has 0 atom stereocenters. The number of hydrogen-bond donors (Lipinski definition) is 0. The molecule has 1 heterocycles. The van der Waals surface area contributed by atoms with Crippen molar-refractivity contribution in [1.82, 2.24) is 4.98 Å². The Bertz CT molecular complexity index is 729. The molecule has 0 spiro atoms. The number of nitrogens with zero attached hydrogens (tertiary/aromatic N) is 1. The predicted molar refractivity (Wildman–Crippen MR) is 89.6 cm³/mol. The van der Waals surface area contributed by atoms with Gasteiger partial charge in [-0.3, -0.25) is 4.98 Å². The zero-order valence-corrected chi connectivity index (χ0v) is 12.8. The summed E-state index contributed by atoms with van der Waals surface area (Å²) in [6.07, 6.45) is 3.57. The van der Waals surface area contributed by atoms with Gasteiger partial charge in [0, 0.05) is 23.0 Å². The molecule has 2 aromatic carbocycles. The molecule has 0 saturated carbocycles. The number of hydrogen-bond acceptors (Lipinski definition) is 2. The average molecular weight is 310 g/mol. The second-order valence-corrected chi connectivity index (χ2v) is 5.44. The molecule has 3 aromatic rings.